The number of esters is 2. The molecule has 6 aromatic rings. The molecular formula is C89H126O11Si4. The molecule has 0 saturated carbocycles. The van der Waals surface area contributed by atoms with Gasteiger partial charge in [-0.3, -0.25) is 0 Å². The van der Waals surface area contributed by atoms with Crippen LogP contribution in [0.15, 0.2) is 182 Å². The zero-order valence-corrected chi connectivity index (χ0v) is 71.3. The standard InChI is InChI=1S/C45H64O5Si2.C44H62O6Si2/c1-33-31-35(3)41(43(46)47-29-30-51(10,11)12)37(32-33)23-20-28-40-42(49-45(8,9)48-40)34(2)21-19-22-36(4)50-52(44(5,6)7,38-24-15-13-16-25-38)39-26-17-14-18-27-39;1-32-30-33(2)40(42(46)47-28-29-51(9,10)11)35(31-32)21-19-27-39-41(49-44(7,8)48-39)38(45)26-18-20-34(3)50-52(43(4,5)6,36-22-14-12-15-23-36)37-24-16-13-17-25-37/h13-21,23-27,31-32,34,36,40,42H,22,28-30H2,1-12H3;12-19,21-26,30-31,34,38-39,41,45H,20,27-29H2,1-11H3/b21-19-,23-20+;21-19+,26-18-/t34?,36?,40-,42+;34?,38?,39-,41+/m00/s1. The van der Waals surface area contributed by atoms with E-state index in [2.05, 4.69) is 254 Å². The van der Waals surface area contributed by atoms with Crippen LogP contribution in [-0.4, -0.2) is 117 Å². The van der Waals surface area contributed by atoms with Gasteiger partial charge in [-0.05, 0) is 160 Å². The summed E-state index contributed by atoms with van der Waals surface area (Å²) in [6.45, 7) is 50.6. The molecule has 2 aliphatic heterocycles. The number of aliphatic hydroxyl groups excluding tert-OH is 1. The van der Waals surface area contributed by atoms with Crippen molar-refractivity contribution in [3.8, 4) is 0 Å². The zero-order valence-electron chi connectivity index (χ0n) is 67.3. The Kier molecular flexibility index (Phi) is 29.9. The molecule has 0 spiro atoms. The first-order chi connectivity index (χ1) is 48.7. The second kappa shape index (κ2) is 36.6. The predicted molar refractivity (Wildman–Crippen MR) is 443 cm³/mol. The average molecular weight is 1480 g/mol. The molecule has 8 rings (SSSR count). The number of hydrogen-bond donors (Lipinski definition) is 1. The van der Waals surface area contributed by atoms with Gasteiger partial charge in [-0.15, -0.1) is 0 Å². The Morgan fingerprint density at radius 3 is 1.14 bits per heavy atom. The number of carbonyl (C=O) groups excluding carboxylic acids is 2. The van der Waals surface area contributed by atoms with Gasteiger partial charge in [-0.1, -0.05) is 293 Å². The van der Waals surface area contributed by atoms with Crippen LogP contribution in [0.1, 0.15) is 170 Å². The lowest BCUT2D eigenvalue weighted by Gasteiger charge is -2.44. The van der Waals surface area contributed by atoms with Gasteiger partial charge in [-0.25, -0.2) is 9.59 Å². The van der Waals surface area contributed by atoms with Crippen LogP contribution in [0.3, 0.4) is 0 Å². The zero-order chi connectivity index (χ0) is 76.6. The lowest BCUT2D eigenvalue weighted by atomic mass is 9.95. The van der Waals surface area contributed by atoms with Crippen molar-refractivity contribution in [3.05, 3.63) is 227 Å². The van der Waals surface area contributed by atoms with Crippen molar-refractivity contribution in [1.82, 2.24) is 0 Å². The first-order valence-electron chi connectivity index (χ1n) is 37.9. The number of aliphatic hydroxyl groups is 1. The molecule has 2 aliphatic rings. The second-order valence-corrected chi connectivity index (χ2v) is 54.1. The van der Waals surface area contributed by atoms with E-state index in [-0.39, 0.29) is 58.5 Å². The van der Waals surface area contributed by atoms with Crippen molar-refractivity contribution < 1.29 is 52.0 Å². The minimum Gasteiger partial charge on any atom is -0.462 e. The molecule has 6 aromatic carbocycles. The third-order valence-electron chi connectivity index (χ3n) is 19.5. The molecule has 0 radical (unpaired) electrons. The van der Waals surface area contributed by atoms with Gasteiger partial charge in [0.05, 0.1) is 42.7 Å². The molecule has 2 fully saturated rings. The Morgan fingerprint density at radius 1 is 0.481 bits per heavy atom. The van der Waals surface area contributed by atoms with E-state index in [4.69, 9.17) is 37.3 Å². The van der Waals surface area contributed by atoms with Gasteiger partial charge < -0.3 is 42.4 Å². The average Bonchev–Trinajstić information content (AvgIpc) is 1.31. The highest BCUT2D eigenvalue weighted by molar-refractivity contribution is 7.00. The maximum Gasteiger partial charge on any atom is 0.338 e. The van der Waals surface area contributed by atoms with Crippen LogP contribution in [0, 0.1) is 33.6 Å². The first-order valence-corrected chi connectivity index (χ1v) is 49.1. The Balaban J connectivity index is 0.000000291. The van der Waals surface area contributed by atoms with Gasteiger partial charge in [0, 0.05) is 34.3 Å². The molecule has 0 amide bonds. The fourth-order valence-corrected chi connectivity index (χ4v) is 25.4. The fourth-order valence-electron chi connectivity index (χ4n) is 14.5. The number of ether oxygens (including phenoxy) is 6. The first kappa shape index (κ1) is 85.1. The van der Waals surface area contributed by atoms with E-state index >= 15 is 0 Å². The number of rotatable bonds is 30. The van der Waals surface area contributed by atoms with Crippen molar-refractivity contribution in [2.75, 3.05) is 13.2 Å². The van der Waals surface area contributed by atoms with Gasteiger partial charge in [0.2, 0.25) is 0 Å². The summed E-state index contributed by atoms with van der Waals surface area (Å²) < 4.78 is 51.5. The Hall–Kier alpha value is -6.19. The van der Waals surface area contributed by atoms with Gasteiger partial charge in [-0.2, -0.15) is 0 Å². The summed E-state index contributed by atoms with van der Waals surface area (Å²) in [5, 5.41) is 16.3. The predicted octanol–water partition coefficient (Wildman–Crippen LogP) is 19.3. The van der Waals surface area contributed by atoms with Gasteiger partial charge in [0.25, 0.3) is 16.6 Å². The molecule has 2 saturated heterocycles. The molecule has 0 aliphatic carbocycles. The summed E-state index contributed by atoms with van der Waals surface area (Å²) in [6.07, 6.45) is 16.9. The third-order valence-corrected chi connectivity index (χ3v) is 33.3. The van der Waals surface area contributed by atoms with E-state index in [0.29, 0.717) is 43.6 Å². The summed E-state index contributed by atoms with van der Waals surface area (Å²) in [6, 6.07) is 52.9. The molecule has 1 N–H and O–H groups in total. The number of hydrogen-bond acceptors (Lipinski definition) is 11. The summed E-state index contributed by atoms with van der Waals surface area (Å²) in [5.41, 5.74) is 6.95. The molecule has 15 heteroatoms. The van der Waals surface area contributed by atoms with E-state index in [9.17, 15) is 14.7 Å². The summed E-state index contributed by atoms with van der Waals surface area (Å²) in [7, 11) is -7.97. The molecule has 0 bridgehead atoms. The van der Waals surface area contributed by atoms with Gasteiger partial charge in [0.1, 0.15) is 12.2 Å². The smallest absolute Gasteiger partial charge is 0.338 e. The van der Waals surface area contributed by atoms with Crippen molar-refractivity contribution in [2.45, 2.75) is 259 Å². The molecule has 2 heterocycles. The largest absolute Gasteiger partial charge is 0.462 e. The van der Waals surface area contributed by atoms with Gasteiger partial charge in [0.15, 0.2) is 11.6 Å². The highest BCUT2D eigenvalue weighted by Gasteiger charge is 2.53. The van der Waals surface area contributed by atoms with E-state index in [1.807, 2.05) is 97.0 Å². The molecule has 8 atom stereocenters. The van der Waals surface area contributed by atoms with Crippen LogP contribution in [0.2, 0.25) is 61.4 Å². The Morgan fingerprint density at radius 2 is 0.808 bits per heavy atom. The molecule has 4 unspecified atom stereocenters. The molecule has 0 aromatic heterocycles. The molecule has 11 nitrogen and oxygen atoms in total. The van der Waals surface area contributed by atoms with Crippen LogP contribution >= 0.6 is 0 Å². The van der Waals surface area contributed by atoms with Crippen molar-refractivity contribution in [1.29, 1.82) is 0 Å². The molecule has 104 heavy (non-hydrogen) atoms. The molecular weight excluding hydrogens is 1360 g/mol. The van der Waals surface area contributed by atoms with E-state index < -0.39 is 56.6 Å². The maximum absolute atomic E-state index is 13.2. The monoisotopic (exact) mass is 1480 g/mol. The number of aryl methyl sites for hydroxylation is 4. The minimum absolute atomic E-state index is 0.0138. The quantitative estimate of drug-likeness (QED) is 0.0263. The summed E-state index contributed by atoms with van der Waals surface area (Å²) in [4.78, 5) is 26.5. The SMILES string of the molecule is Cc1cc(C)c(C(=O)OCC[Si](C)(C)C)c(/C=C/C[C@@H]2OC(C)(C)O[C@@H]2C(C)/C=C\CC(C)O[Si](c2ccccc2)(c2ccccc2)C(C)(C)C)c1.Cc1cc(C)c(C(=O)OCC[Si](C)(C)C)c(/C=C/C[C@@H]2OC(C)(C)O[C@@H]2C(O)/C=C\CC(C)O[Si](c2ccccc2)(c2ccccc2)C(C)(C)C)c1. The normalized spacial score (nSPS) is 19.3. The highest BCUT2D eigenvalue weighted by Crippen LogP contribution is 2.41. The van der Waals surface area contributed by atoms with Crippen LogP contribution in [0.25, 0.3) is 12.2 Å². The second-order valence-electron chi connectivity index (χ2n) is 34.4. The maximum atomic E-state index is 13.2. The topological polar surface area (TPSA) is 128 Å². The van der Waals surface area contributed by atoms with Crippen molar-refractivity contribution in [3.63, 3.8) is 0 Å². The fraction of sp³-hybridized carbons (Fsp3) is 0.483. The van der Waals surface area contributed by atoms with Crippen LogP contribution in [0.5, 0.6) is 0 Å². The van der Waals surface area contributed by atoms with Crippen LogP contribution in [0.4, 0.5) is 0 Å². The van der Waals surface area contributed by atoms with Crippen LogP contribution < -0.4 is 20.7 Å². The van der Waals surface area contributed by atoms with E-state index in [1.165, 1.54) is 20.7 Å². The van der Waals surface area contributed by atoms with Crippen LogP contribution in [-0.2, 0) is 37.3 Å². The lowest BCUT2D eigenvalue weighted by molar-refractivity contribution is -0.152. The summed E-state index contributed by atoms with van der Waals surface area (Å²) >= 11 is 0. The summed E-state index contributed by atoms with van der Waals surface area (Å²) in [5.74, 6) is -1.94. The van der Waals surface area contributed by atoms with Gasteiger partial charge >= 0.3 is 11.9 Å². The number of benzene rings is 6. The Labute approximate surface area is 630 Å². The van der Waals surface area contributed by atoms with Crippen molar-refractivity contribution >= 4 is 77.6 Å². The van der Waals surface area contributed by atoms with Crippen molar-refractivity contribution in [2.24, 2.45) is 5.92 Å². The third kappa shape index (κ3) is 23.4. The Bertz CT molecular complexity index is 3510. The minimum atomic E-state index is -2.70. The number of carbonyl (C=O) groups is 2. The van der Waals surface area contributed by atoms with E-state index in [0.717, 1.165) is 51.9 Å². The van der Waals surface area contributed by atoms with E-state index in [1.54, 1.807) is 0 Å². The molecule has 564 valence electrons. The highest BCUT2D eigenvalue weighted by atomic mass is 28.4. The lowest BCUT2D eigenvalue weighted by Crippen LogP contribution is -2.67.